The lowest BCUT2D eigenvalue weighted by atomic mass is 9.95. The monoisotopic (exact) mass is 1080 g/mol. The van der Waals surface area contributed by atoms with Crippen molar-refractivity contribution in [3.8, 4) is 5.75 Å². The SMILES string of the molecule is CCCCCCCCCCCCCCCCCCCCCCCCCCCCCCCCCCCc1cccc(O)c1CCCCCCCCCCCCCCCCCCCCCCCCCCCCCCCCCCC. The van der Waals surface area contributed by atoms with Crippen LogP contribution in [0, 0.1) is 0 Å². The van der Waals surface area contributed by atoms with Crippen LogP contribution < -0.4 is 0 Å². The molecule has 0 aromatic heterocycles. The molecule has 1 rings (SSSR count). The Balaban J connectivity index is 1.77. The Morgan fingerprint density at radius 2 is 0.351 bits per heavy atom. The molecule has 1 heteroatoms. The van der Waals surface area contributed by atoms with Crippen molar-refractivity contribution in [2.75, 3.05) is 0 Å². The molecule has 0 atom stereocenters. The molecule has 0 aliphatic heterocycles. The van der Waals surface area contributed by atoms with Gasteiger partial charge < -0.3 is 5.11 Å². The third-order valence-electron chi connectivity index (χ3n) is 18.3. The molecule has 1 aromatic carbocycles. The van der Waals surface area contributed by atoms with Crippen LogP contribution in [0.15, 0.2) is 18.2 Å². The van der Waals surface area contributed by atoms with E-state index in [1.54, 1.807) is 0 Å². The summed E-state index contributed by atoms with van der Waals surface area (Å²) in [5.41, 5.74) is 2.67. The summed E-state index contributed by atoms with van der Waals surface area (Å²) in [6.45, 7) is 4.63. The standard InChI is InChI=1S/C76H146O/c1-3-5-7-9-11-13-15-17-19-21-23-25-27-29-31-33-35-37-39-41-43-45-47-49-51-53-55-57-59-61-63-65-67-70-74-71-69-73-76(77)75(74)72-68-66-64-62-60-58-56-54-52-50-48-46-44-42-40-38-36-34-32-30-28-26-24-22-20-18-16-14-12-10-8-6-4-2/h69,71,73,77H,3-68,70,72H2,1-2H3. The molecule has 77 heavy (non-hydrogen) atoms. The Labute approximate surface area is 488 Å². The summed E-state index contributed by atoms with van der Waals surface area (Å²) in [7, 11) is 0. The maximum Gasteiger partial charge on any atom is 0.119 e. The summed E-state index contributed by atoms with van der Waals surface area (Å²) in [5, 5.41) is 10.7. The van der Waals surface area contributed by atoms with Crippen molar-refractivity contribution in [1.29, 1.82) is 0 Å². The van der Waals surface area contributed by atoms with Gasteiger partial charge in [0.25, 0.3) is 0 Å². The van der Waals surface area contributed by atoms with Crippen LogP contribution in [0.2, 0.25) is 0 Å². The van der Waals surface area contributed by atoms with E-state index >= 15 is 0 Å². The average Bonchev–Trinajstić information content (AvgIpc) is 3.44. The maximum absolute atomic E-state index is 10.7. The molecule has 0 spiro atoms. The molecular weight excluding hydrogens is 929 g/mol. The highest BCUT2D eigenvalue weighted by atomic mass is 16.3. The van der Waals surface area contributed by atoms with Gasteiger partial charge in [0.2, 0.25) is 0 Å². The fourth-order valence-corrected chi connectivity index (χ4v) is 12.9. The molecule has 0 bridgehead atoms. The lowest BCUT2D eigenvalue weighted by molar-refractivity contribution is 0.464. The first-order valence-electron chi connectivity index (χ1n) is 37.1. The van der Waals surface area contributed by atoms with E-state index < -0.39 is 0 Å². The lowest BCUT2D eigenvalue weighted by Crippen LogP contribution is -1.96. The number of aryl methyl sites for hydroxylation is 1. The number of phenolic OH excluding ortho intramolecular Hbond substituents is 1. The quantitative estimate of drug-likeness (QED) is 0.0645. The molecule has 1 aromatic rings. The van der Waals surface area contributed by atoms with Gasteiger partial charge in [-0.1, -0.05) is 437 Å². The summed E-state index contributed by atoms with van der Waals surface area (Å²) < 4.78 is 0. The summed E-state index contributed by atoms with van der Waals surface area (Å²) in [6, 6.07) is 6.29. The molecule has 1 nitrogen and oxygen atoms in total. The van der Waals surface area contributed by atoms with Gasteiger partial charge in [-0.2, -0.15) is 0 Å². The van der Waals surface area contributed by atoms with Gasteiger partial charge in [0, 0.05) is 0 Å². The fraction of sp³-hybridized carbons (Fsp3) is 0.921. The molecule has 0 radical (unpaired) electrons. The molecule has 1 N–H and O–H groups in total. The molecule has 0 saturated carbocycles. The summed E-state index contributed by atoms with van der Waals surface area (Å²) in [6.07, 6.45) is 98.1. The third kappa shape index (κ3) is 58.0. The van der Waals surface area contributed by atoms with Crippen molar-refractivity contribution in [2.45, 2.75) is 450 Å². The van der Waals surface area contributed by atoms with Crippen molar-refractivity contribution in [2.24, 2.45) is 0 Å². The summed E-state index contributed by atoms with van der Waals surface area (Å²) in [5.74, 6) is 0.546. The van der Waals surface area contributed by atoms with E-state index in [-0.39, 0.29) is 0 Å². The van der Waals surface area contributed by atoms with Crippen LogP contribution in [-0.4, -0.2) is 5.11 Å². The number of phenols is 1. The maximum atomic E-state index is 10.7. The van der Waals surface area contributed by atoms with Crippen LogP contribution in [0.4, 0.5) is 0 Å². The van der Waals surface area contributed by atoms with Crippen molar-refractivity contribution in [3.05, 3.63) is 29.3 Å². The second kappa shape index (κ2) is 65.8. The van der Waals surface area contributed by atoms with Crippen LogP contribution in [0.1, 0.15) is 449 Å². The second-order valence-electron chi connectivity index (χ2n) is 26.0. The summed E-state index contributed by atoms with van der Waals surface area (Å²) in [4.78, 5) is 0. The highest BCUT2D eigenvalue weighted by Gasteiger charge is 2.08. The van der Waals surface area contributed by atoms with Gasteiger partial charge in [-0.25, -0.2) is 0 Å². The normalized spacial score (nSPS) is 11.7. The molecule has 0 aliphatic carbocycles. The predicted molar refractivity (Wildman–Crippen MR) is 352 cm³/mol. The number of benzene rings is 1. The van der Waals surface area contributed by atoms with Crippen molar-refractivity contribution in [3.63, 3.8) is 0 Å². The van der Waals surface area contributed by atoms with E-state index in [4.69, 9.17) is 0 Å². The Bertz CT molecular complexity index is 1200. The summed E-state index contributed by atoms with van der Waals surface area (Å²) >= 11 is 0. The molecular formula is C76H146O. The number of hydrogen-bond acceptors (Lipinski definition) is 1. The van der Waals surface area contributed by atoms with Gasteiger partial charge in [-0.15, -0.1) is 0 Å². The third-order valence-corrected chi connectivity index (χ3v) is 18.3. The topological polar surface area (TPSA) is 20.2 Å². The van der Waals surface area contributed by atoms with E-state index in [1.165, 1.54) is 435 Å². The lowest BCUT2D eigenvalue weighted by Gasteiger charge is -2.12. The molecule has 0 saturated heterocycles. The van der Waals surface area contributed by atoms with Crippen molar-refractivity contribution >= 4 is 0 Å². The molecule has 456 valence electrons. The molecule has 0 fully saturated rings. The van der Waals surface area contributed by atoms with Gasteiger partial charge in [-0.05, 0) is 42.9 Å². The molecule has 0 unspecified atom stereocenters. The Hall–Kier alpha value is -0.980. The Morgan fingerprint density at radius 3 is 0.532 bits per heavy atom. The number of unbranched alkanes of at least 4 members (excludes halogenated alkanes) is 64. The number of aromatic hydroxyl groups is 1. The molecule has 0 aliphatic rings. The predicted octanol–water partition coefficient (Wildman–Crippen LogP) is 28.3. The number of rotatable bonds is 68. The van der Waals surface area contributed by atoms with Crippen LogP contribution >= 0.6 is 0 Å². The van der Waals surface area contributed by atoms with E-state index in [9.17, 15) is 5.11 Å². The minimum Gasteiger partial charge on any atom is -0.508 e. The van der Waals surface area contributed by atoms with Crippen molar-refractivity contribution < 1.29 is 5.11 Å². The first-order chi connectivity index (χ1) is 38.3. The van der Waals surface area contributed by atoms with Gasteiger partial charge >= 0.3 is 0 Å². The highest BCUT2D eigenvalue weighted by molar-refractivity contribution is 5.39. The van der Waals surface area contributed by atoms with Gasteiger partial charge in [0.1, 0.15) is 5.75 Å². The van der Waals surface area contributed by atoms with E-state index in [2.05, 4.69) is 26.0 Å². The average molecular weight is 1080 g/mol. The first kappa shape index (κ1) is 74.0. The zero-order chi connectivity index (χ0) is 54.9. The van der Waals surface area contributed by atoms with Gasteiger partial charge in [0.15, 0.2) is 0 Å². The Kier molecular flexibility index (Phi) is 63.3. The van der Waals surface area contributed by atoms with Crippen LogP contribution in [0.5, 0.6) is 5.75 Å². The minimum absolute atomic E-state index is 0.546. The smallest absolute Gasteiger partial charge is 0.119 e. The van der Waals surface area contributed by atoms with Crippen LogP contribution in [0.25, 0.3) is 0 Å². The first-order valence-corrected chi connectivity index (χ1v) is 37.1. The molecule has 0 heterocycles. The second-order valence-corrected chi connectivity index (χ2v) is 26.0. The minimum atomic E-state index is 0.546. The van der Waals surface area contributed by atoms with Crippen LogP contribution in [-0.2, 0) is 12.8 Å². The van der Waals surface area contributed by atoms with Crippen molar-refractivity contribution in [1.82, 2.24) is 0 Å². The molecule has 0 amide bonds. The fourth-order valence-electron chi connectivity index (χ4n) is 12.9. The van der Waals surface area contributed by atoms with E-state index in [0.717, 1.165) is 12.8 Å². The van der Waals surface area contributed by atoms with Gasteiger partial charge in [-0.3, -0.25) is 0 Å². The Morgan fingerprint density at radius 1 is 0.195 bits per heavy atom. The van der Waals surface area contributed by atoms with E-state index in [1.807, 2.05) is 6.07 Å². The highest BCUT2D eigenvalue weighted by Crippen LogP contribution is 2.27. The van der Waals surface area contributed by atoms with Gasteiger partial charge in [0.05, 0.1) is 0 Å². The zero-order valence-corrected chi connectivity index (χ0v) is 53.8. The number of hydrogen-bond donors (Lipinski definition) is 1. The zero-order valence-electron chi connectivity index (χ0n) is 53.8. The van der Waals surface area contributed by atoms with Crippen LogP contribution in [0.3, 0.4) is 0 Å². The van der Waals surface area contributed by atoms with E-state index in [0.29, 0.717) is 5.75 Å². The largest absolute Gasteiger partial charge is 0.508 e.